The molecule has 0 unspecified atom stereocenters. The standard InChI is InChI=1S/C12H11ClN2O2S/c1-17-11(16)10-9(14-12(18)15-10)6-7-2-4-8(13)5-3-7/h2-5H,6H2,1H3,(H2,14,15,18). The zero-order valence-electron chi connectivity index (χ0n) is 9.62. The van der Waals surface area contributed by atoms with Gasteiger partial charge >= 0.3 is 5.97 Å². The fraction of sp³-hybridized carbons (Fsp3) is 0.167. The molecular weight excluding hydrogens is 272 g/mol. The predicted molar refractivity (Wildman–Crippen MR) is 71.6 cm³/mol. The minimum atomic E-state index is -0.439. The lowest BCUT2D eigenvalue weighted by Crippen LogP contribution is -2.06. The average Bonchev–Trinajstić information content (AvgIpc) is 2.72. The van der Waals surface area contributed by atoms with Crippen LogP contribution in [0.2, 0.25) is 5.02 Å². The summed E-state index contributed by atoms with van der Waals surface area (Å²) in [7, 11) is 1.33. The number of carbonyl (C=O) groups is 1. The van der Waals surface area contributed by atoms with E-state index in [1.165, 1.54) is 7.11 Å². The fourth-order valence-electron chi connectivity index (χ4n) is 1.64. The van der Waals surface area contributed by atoms with Crippen molar-refractivity contribution in [2.75, 3.05) is 7.11 Å². The molecule has 0 aliphatic rings. The molecule has 4 nitrogen and oxygen atoms in total. The lowest BCUT2D eigenvalue weighted by atomic mass is 10.1. The van der Waals surface area contributed by atoms with Crippen molar-refractivity contribution in [3.63, 3.8) is 0 Å². The first kappa shape index (κ1) is 12.9. The molecule has 0 aliphatic carbocycles. The maximum atomic E-state index is 11.6. The van der Waals surface area contributed by atoms with E-state index in [9.17, 15) is 4.79 Å². The SMILES string of the molecule is COC(=O)c1[nH]c(=S)[nH]c1Cc1ccc(Cl)cc1. The van der Waals surface area contributed by atoms with Gasteiger partial charge in [0.1, 0.15) is 5.69 Å². The van der Waals surface area contributed by atoms with E-state index in [2.05, 4.69) is 14.7 Å². The number of esters is 1. The third-order valence-corrected chi connectivity index (χ3v) is 2.94. The summed E-state index contributed by atoms with van der Waals surface area (Å²) in [5, 5.41) is 0.675. The molecule has 0 amide bonds. The Labute approximate surface area is 114 Å². The van der Waals surface area contributed by atoms with Crippen molar-refractivity contribution in [3.05, 3.63) is 51.0 Å². The van der Waals surface area contributed by atoms with Gasteiger partial charge in [0, 0.05) is 11.4 Å². The van der Waals surface area contributed by atoms with Crippen LogP contribution < -0.4 is 0 Å². The number of benzene rings is 1. The van der Waals surface area contributed by atoms with Crippen LogP contribution >= 0.6 is 23.8 Å². The number of nitrogens with one attached hydrogen (secondary N) is 2. The average molecular weight is 283 g/mol. The molecule has 1 aromatic carbocycles. The summed E-state index contributed by atoms with van der Waals surface area (Å²) in [5.74, 6) is -0.439. The quantitative estimate of drug-likeness (QED) is 0.672. The molecule has 6 heteroatoms. The highest BCUT2D eigenvalue weighted by atomic mass is 35.5. The van der Waals surface area contributed by atoms with E-state index in [4.69, 9.17) is 23.8 Å². The van der Waals surface area contributed by atoms with Crippen molar-refractivity contribution >= 4 is 29.8 Å². The molecule has 0 fully saturated rings. The number of aromatic amines is 2. The molecular formula is C12H11ClN2O2S. The summed E-state index contributed by atoms with van der Waals surface area (Å²) in [6.07, 6.45) is 0.550. The molecule has 1 aromatic heterocycles. The Hall–Kier alpha value is -1.59. The van der Waals surface area contributed by atoms with Crippen molar-refractivity contribution in [3.8, 4) is 0 Å². The van der Waals surface area contributed by atoms with Crippen molar-refractivity contribution in [1.29, 1.82) is 0 Å². The van der Waals surface area contributed by atoms with Crippen LogP contribution in [0.4, 0.5) is 0 Å². The molecule has 2 rings (SSSR count). The molecule has 0 atom stereocenters. The van der Waals surface area contributed by atoms with Crippen LogP contribution in [0.5, 0.6) is 0 Å². The maximum Gasteiger partial charge on any atom is 0.356 e. The zero-order chi connectivity index (χ0) is 13.1. The van der Waals surface area contributed by atoms with Gasteiger partial charge in [-0.2, -0.15) is 0 Å². The Bertz CT molecular complexity index is 616. The predicted octanol–water partition coefficient (Wildman–Crippen LogP) is 3.10. The topological polar surface area (TPSA) is 57.9 Å². The first-order valence-corrected chi connectivity index (χ1v) is 6.02. The normalized spacial score (nSPS) is 10.3. The van der Waals surface area contributed by atoms with Crippen LogP contribution in [0.15, 0.2) is 24.3 Å². The largest absolute Gasteiger partial charge is 0.464 e. The van der Waals surface area contributed by atoms with E-state index >= 15 is 0 Å². The third kappa shape index (κ3) is 2.80. The number of methoxy groups -OCH3 is 1. The summed E-state index contributed by atoms with van der Waals surface area (Å²) < 4.78 is 5.09. The number of rotatable bonds is 3. The highest BCUT2D eigenvalue weighted by Crippen LogP contribution is 2.15. The van der Waals surface area contributed by atoms with Crippen molar-refractivity contribution < 1.29 is 9.53 Å². The van der Waals surface area contributed by atoms with Crippen molar-refractivity contribution in [2.45, 2.75) is 6.42 Å². The molecule has 0 radical (unpaired) electrons. The van der Waals surface area contributed by atoms with Crippen LogP contribution in [-0.2, 0) is 11.2 Å². The Balaban J connectivity index is 2.31. The summed E-state index contributed by atoms with van der Waals surface area (Å²) >= 11 is 10.8. The van der Waals surface area contributed by atoms with Gasteiger partial charge in [0.15, 0.2) is 4.77 Å². The Kier molecular flexibility index (Phi) is 3.84. The number of imidazole rings is 1. The van der Waals surface area contributed by atoms with Gasteiger partial charge < -0.3 is 14.7 Å². The zero-order valence-corrected chi connectivity index (χ0v) is 11.2. The highest BCUT2D eigenvalue weighted by Gasteiger charge is 2.14. The third-order valence-electron chi connectivity index (χ3n) is 2.49. The van der Waals surface area contributed by atoms with E-state index in [1.54, 1.807) is 12.1 Å². The first-order valence-electron chi connectivity index (χ1n) is 5.24. The van der Waals surface area contributed by atoms with Crippen LogP contribution in [-0.4, -0.2) is 23.0 Å². The minimum Gasteiger partial charge on any atom is -0.464 e. The highest BCUT2D eigenvalue weighted by molar-refractivity contribution is 7.71. The second-order valence-corrected chi connectivity index (χ2v) is 4.57. The number of hydrogen-bond acceptors (Lipinski definition) is 3. The monoisotopic (exact) mass is 282 g/mol. The van der Waals surface area contributed by atoms with E-state index < -0.39 is 5.97 Å². The molecule has 18 heavy (non-hydrogen) atoms. The molecule has 2 aromatic rings. The van der Waals surface area contributed by atoms with E-state index in [-0.39, 0.29) is 0 Å². The van der Waals surface area contributed by atoms with Crippen molar-refractivity contribution in [1.82, 2.24) is 9.97 Å². The lowest BCUT2D eigenvalue weighted by Gasteiger charge is -2.02. The van der Waals surface area contributed by atoms with Gasteiger partial charge in [-0.25, -0.2) is 4.79 Å². The molecule has 0 bridgehead atoms. The maximum absolute atomic E-state index is 11.6. The molecule has 1 heterocycles. The lowest BCUT2D eigenvalue weighted by molar-refractivity contribution is 0.0593. The van der Waals surface area contributed by atoms with E-state index in [0.717, 1.165) is 5.56 Å². The van der Waals surface area contributed by atoms with Crippen LogP contribution in [0.1, 0.15) is 21.7 Å². The van der Waals surface area contributed by atoms with Gasteiger partial charge in [-0.3, -0.25) is 0 Å². The first-order chi connectivity index (χ1) is 8.60. The Morgan fingerprint density at radius 3 is 2.61 bits per heavy atom. The smallest absolute Gasteiger partial charge is 0.356 e. The summed E-state index contributed by atoms with van der Waals surface area (Å²) in [6.45, 7) is 0. The minimum absolute atomic E-state index is 0.359. The molecule has 2 N–H and O–H groups in total. The summed E-state index contributed by atoms with van der Waals surface area (Å²) in [4.78, 5) is 17.3. The molecule has 0 saturated heterocycles. The Morgan fingerprint density at radius 1 is 1.33 bits per heavy atom. The number of hydrogen-bond donors (Lipinski definition) is 2. The van der Waals surface area contributed by atoms with E-state index in [1.807, 2.05) is 12.1 Å². The van der Waals surface area contributed by atoms with Gasteiger partial charge in [0.2, 0.25) is 0 Å². The van der Waals surface area contributed by atoms with Gasteiger partial charge in [-0.1, -0.05) is 23.7 Å². The fourth-order valence-corrected chi connectivity index (χ4v) is 1.99. The molecule has 0 saturated carbocycles. The van der Waals surface area contributed by atoms with Crippen LogP contribution in [0.3, 0.4) is 0 Å². The summed E-state index contributed by atoms with van der Waals surface area (Å²) in [5.41, 5.74) is 2.08. The second-order valence-electron chi connectivity index (χ2n) is 3.73. The molecule has 0 spiro atoms. The second kappa shape index (κ2) is 5.37. The molecule has 0 aliphatic heterocycles. The van der Waals surface area contributed by atoms with Gasteiger partial charge in [-0.05, 0) is 29.9 Å². The van der Waals surface area contributed by atoms with Crippen LogP contribution in [0.25, 0.3) is 0 Å². The number of H-pyrrole nitrogens is 2. The molecule has 94 valence electrons. The number of aromatic nitrogens is 2. The van der Waals surface area contributed by atoms with Gasteiger partial charge in [0.25, 0.3) is 0 Å². The van der Waals surface area contributed by atoms with Crippen LogP contribution in [0, 0.1) is 4.77 Å². The summed E-state index contributed by atoms with van der Waals surface area (Å²) in [6, 6.07) is 7.40. The number of halogens is 1. The van der Waals surface area contributed by atoms with Gasteiger partial charge in [-0.15, -0.1) is 0 Å². The number of carbonyl (C=O) groups excluding carboxylic acids is 1. The van der Waals surface area contributed by atoms with E-state index in [0.29, 0.717) is 27.6 Å². The number of ether oxygens (including phenoxy) is 1. The van der Waals surface area contributed by atoms with Gasteiger partial charge in [0.05, 0.1) is 12.8 Å². The van der Waals surface area contributed by atoms with Crippen molar-refractivity contribution in [2.24, 2.45) is 0 Å². The Morgan fingerprint density at radius 2 is 2.00 bits per heavy atom.